The zero-order valence-electron chi connectivity index (χ0n) is 12.9. The van der Waals surface area contributed by atoms with E-state index in [1.807, 2.05) is 24.3 Å². The normalized spacial score (nSPS) is 16.2. The first kappa shape index (κ1) is 16.1. The largest absolute Gasteiger partial charge is 0.395 e. The van der Waals surface area contributed by atoms with Gasteiger partial charge in [0.15, 0.2) is 6.67 Å². The molecule has 2 aromatic rings. The van der Waals surface area contributed by atoms with E-state index in [0.29, 0.717) is 11.3 Å². The van der Waals surface area contributed by atoms with E-state index in [9.17, 15) is 19.1 Å². The van der Waals surface area contributed by atoms with Crippen molar-refractivity contribution in [3.8, 4) is 11.1 Å². The van der Waals surface area contributed by atoms with E-state index in [0.717, 1.165) is 11.1 Å². The first-order valence-corrected chi connectivity index (χ1v) is 7.63. The highest BCUT2D eigenvalue weighted by molar-refractivity contribution is 6.06. The van der Waals surface area contributed by atoms with Crippen molar-refractivity contribution in [1.29, 1.82) is 0 Å². The molecule has 0 fully saturated rings. The third-order valence-corrected chi connectivity index (χ3v) is 4.02. The Morgan fingerprint density at radius 2 is 1.79 bits per heavy atom. The second kappa shape index (κ2) is 6.80. The Labute approximate surface area is 138 Å². The molecule has 2 aromatic carbocycles. The topological polar surface area (TPSA) is 69.6 Å². The fourth-order valence-corrected chi connectivity index (χ4v) is 3.01. The number of nitrogens with one attached hydrogen (secondary N) is 1. The molecule has 2 amide bonds. The minimum atomic E-state index is -1.20. The lowest BCUT2D eigenvalue weighted by molar-refractivity contribution is -0.128. The summed E-state index contributed by atoms with van der Waals surface area (Å²) in [5, 5.41) is 11.8. The molecule has 0 unspecified atom stereocenters. The quantitative estimate of drug-likeness (QED) is 0.899. The molecule has 0 aliphatic carbocycles. The summed E-state index contributed by atoms with van der Waals surface area (Å²) >= 11 is 0. The highest BCUT2D eigenvalue weighted by atomic mass is 19.1. The van der Waals surface area contributed by atoms with Crippen molar-refractivity contribution in [3.63, 3.8) is 0 Å². The van der Waals surface area contributed by atoms with Crippen LogP contribution in [0, 0.1) is 0 Å². The predicted molar refractivity (Wildman–Crippen MR) is 88.2 cm³/mol. The number of anilines is 1. The highest BCUT2D eigenvalue weighted by Gasteiger charge is 2.34. The van der Waals surface area contributed by atoms with Gasteiger partial charge in [-0.05, 0) is 17.2 Å². The van der Waals surface area contributed by atoms with E-state index in [4.69, 9.17) is 0 Å². The van der Waals surface area contributed by atoms with Crippen LogP contribution in [0.2, 0.25) is 0 Å². The van der Waals surface area contributed by atoms with Crippen LogP contribution in [0.15, 0.2) is 48.5 Å². The molecule has 0 saturated carbocycles. The van der Waals surface area contributed by atoms with Gasteiger partial charge in [-0.15, -0.1) is 0 Å². The number of aliphatic hydroxyl groups is 1. The molecule has 3 rings (SSSR count). The van der Waals surface area contributed by atoms with Gasteiger partial charge in [-0.1, -0.05) is 42.5 Å². The van der Waals surface area contributed by atoms with E-state index in [1.54, 1.807) is 24.3 Å². The first-order chi connectivity index (χ1) is 11.7. The fourth-order valence-electron chi connectivity index (χ4n) is 3.01. The van der Waals surface area contributed by atoms with Gasteiger partial charge in [0, 0.05) is 12.1 Å². The number of hydrogen-bond acceptors (Lipinski definition) is 3. The molecule has 0 bridgehead atoms. The molecule has 0 aromatic heterocycles. The molecular weight excluding hydrogens is 311 g/mol. The Morgan fingerprint density at radius 1 is 1.12 bits per heavy atom. The van der Waals surface area contributed by atoms with Gasteiger partial charge in [0.25, 0.3) is 11.8 Å². The summed E-state index contributed by atoms with van der Waals surface area (Å²) in [6, 6.07) is 13.6. The molecule has 1 aliphatic heterocycles. The Balaban J connectivity index is 2.20. The summed E-state index contributed by atoms with van der Waals surface area (Å²) in [5.41, 5.74) is 2.89. The van der Waals surface area contributed by atoms with E-state index in [-0.39, 0.29) is 13.2 Å². The second-order valence-electron chi connectivity index (χ2n) is 5.45. The van der Waals surface area contributed by atoms with Gasteiger partial charge in [-0.25, -0.2) is 4.39 Å². The standard InChI is InChI=1S/C18H17FN2O3/c19-11-16(23)20-17-14-7-2-1-5-12(14)13-6-3-4-8-15(13)21(9-10-22)18(17)24/h1-8,17,22H,9-11H2,(H,20,23)/t17-/m0/s1. The van der Waals surface area contributed by atoms with Crippen LogP contribution in [0.3, 0.4) is 0 Å². The van der Waals surface area contributed by atoms with Gasteiger partial charge in [-0.3, -0.25) is 9.59 Å². The zero-order valence-corrected chi connectivity index (χ0v) is 12.9. The number of carbonyl (C=O) groups excluding carboxylic acids is 2. The fraction of sp³-hybridized carbons (Fsp3) is 0.222. The van der Waals surface area contributed by atoms with E-state index in [2.05, 4.69) is 5.32 Å². The van der Waals surface area contributed by atoms with Gasteiger partial charge in [0.1, 0.15) is 6.04 Å². The summed E-state index contributed by atoms with van der Waals surface area (Å²) in [7, 11) is 0. The number of aliphatic hydroxyl groups excluding tert-OH is 1. The minimum absolute atomic E-state index is 0.0891. The number of hydrogen-bond donors (Lipinski definition) is 2. The lowest BCUT2D eigenvalue weighted by atomic mass is 9.95. The Morgan fingerprint density at radius 3 is 2.50 bits per heavy atom. The number of carbonyl (C=O) groups is 2. The molecule has 2 N–H and O–H groups in total. The number of nitrogens with zero attached hydrogens (tertiary/aromatic N) is 1. The predicted octanol–water partition coefficient (Wildman–Crippen LogP) is 1.82. The van der Waals surface area contributed by atoms with Crippen molar-refractivity contribution >= 4 is 17.5 Å². The third kappa shape index (κ3) is 2.76. The average Bonchev–Trinajstić information content (AvgIpc) is 2.71. The van der Waals surface area contributed by atoms with Crippen molar-refractivity contribution in [2.45, 2.75) is 6.04 Å². The van der Waals surface area contributed by atoms with Crippen molar-refractivity contribution in [2.24, 2.45) is 0 Å². The van der Waals surface area contributed by atoms with Gasteiger partial charge < -0.3 is 15.3 Å². The van der Waals surface area contributed by atoms with Crippen molar-refractivity contribution in [3.05, 3.63) is 54.1 Å². The van der Waals surface area contributed by atoms with Crippen molar-refractivity contribution in [1.82, 2.24) is 5.32 Å². The number of fused-ring (bicyclic) bond motifs is 3. The summed E-state index contributed by atoms with van der Waals surface area (Å²) in [4.78, 5) is 26.0. The number of β-amino-alcohol motifs (C(OH)–C–C–N with tert-alkyl or cyclic N) is 1. The van der Waals surface area contributed by atoms with Crippen LogP contribution in [0.5, 0.6) is 0 Å². The number of para-hydroxylation sites is 1. The summed E-state index contributed by atoms with van der Waals surface area (Å²) in [6.45, 7) is -1.33. The van der Waals surface area contributed by atoms with Gasteiger partial charge in [0.05, 0.1) is 12.3 Å². The minimum Gasteiger partial charge on any atom is -0.395 e. The Hall–Kier alpha value is -2.73. The third-order valence-electron chi connectivity index (χ3n) is 4.02. The molecule has 124 valence electrons. The molecule has 0 saturated heterocycles. The number of rotatable bonds is 4. The van der Waals surface area contributed by atoms with E-state index < -0.39 is 24.5 Å². The molecule has 1 heterocycles. The molecule has 6 heteroatoms. The lowest BCUT2D eigenvalue weighted by Crippen LogP contribution is -2.44. The smallest absolute Gasteiger partial charge is 0.254 e. The molecule has 0 radical (unpaired) electrons. The van der Waals surface area contributed by atoms with Crippen molar-refractivity contribution in [2.75, 3.05) is 24.7 Å². The van der Waals surface area contributed by atoms with Crippen LogP contribution in [0.25, 0.3) is 11.1 Å². The molecule has 24 heavy (non-hydrogen) atoms. The number of amides is 2. The van der Waals surface area contributed by atoms with Crippen LogP contribution in [-0.2, 0) is 9.59 Å². The van der Waals surface area contributed by atoms with Gasteiger partial charge in [0.2, 0.25) is 0 Å². The van der Waals surface area contributed by atoms with Crippen molar-refractivity contribution < 1.29 is 19.1 Å². The molecule has 0 spiro atoms. The van der Waals surface area contributed by atoms with E-state index >= 15 is 0 Å². The highest BCUT2D eigenvalue weighted by Crippen LogP contribution is 2.39. The Kier molecular flexibility index (Phi) is 4.57. The maximum atomic E-state index is 13.0. The summed E-state index contributed by atoms with van der Waals surface area (Å²) in [6.07, 6.45) is 0. The Bertz CT molecular complexity index is 778. The maximum Gasteiger partial charge on any atom is 0.254 e. The summed E-state index contributed by atoms with van der Waals surface area (Å²) in [5.74, 6) is -1.25. The van der Waals surface area contributed by atoms with Crippen LogP contribution < -0.4 is 10.2 Å². The van der Waals surface area contributed by atoms with Gasteiger partial charge >= 0.3 is 0 Å². The van der Waals surface area contributed by atoms with Gasteiger partial charge in [-0.2, -0.15) is 0 Å². The average molecular weight is 328 g/mol. The second-order valence-corrected chi connectivity index (χ2v) is 5.45. The van der Waals surface area contributed by atoms with Crippen LogP contribution in [0.4, 0.5) is 10.1 Å². The van der Waals surface area contributed by atoms with E-state index in [1.165, 1.54) is 4.90 Å². The monoisotopic (exact) mass is 328 g/mol. The molecule has 5 nitrogen and oxygen atoms in total. The summed E-state index contributed by atoms with van der Waals surface area (Å²) < 4.78 is 12.7. The lowest BCUT2D eigenvalue weighted by Gasteiger charge is -2.25. The number of halogens is 1. The molecule has 1 aliphatic rings. The molecular formula is C18H17FN2O3. The molecule has 1 atom stereocenters. The van der Waals surface area contributed by atoms with Crippen LogP contribution in [-0.4, -0.2) is 36.7 Å². The van der Waals surface area contributed by atoms with Crippen LogP contribution in [0.1, 0.15) is 11.6 Å². The maximum absolute atomic E-state index is 13.0. The SMILES string of the molecule is O=C(CF)N[C@@H]1C(=O)N(CCO)c2ccccc2-c2ccccc21. The van der Waals surface area contributed by atoms with Crippen LogP contribution >= 0.6 is 0 Å². The number of benzene rings is 2. The number of alkyl halides is 1. The zero-order chi connectivity index (χ0) is 17.1. The first-order valence-electron chi connectivity index (χ1n) is 7.63.